The average Bonchev–Trinajstić information content (AvgIpc) is 1.84. The van der Waals surface area contributed by atoms with Crippen LogP contribution in [0.1, 0.15) is 47.0 Å². The van der Waals surface area contributed by atoms with E-state index in [2.05, 4.69) is 32.9 Å². The van der Waals surface area contributed by atoms with Crippen molar-refractivity contribution in [3.8, 4) is 0 Å². The van der Waals surface area contributed by atoms with Gasteiger partial charge in [-0.15, -0.1) is 0 Å². The molecular weight excluding hydrogens is 138 g/mol. The van der Waals surface area contributed by atoms with Crippen LogP contribution >= 0.6 is 0 Å². The predicted molar refractivity (Wildman–Crippen MR) is 48.2 cm³/mol. The maximum Gasteiger partial charge on any atom is 0.0575 e. The zero-order valence-corrected chi connectivity index (χ0v) is 8.02. The van der Waals surface area contributed by atoms with Gasteiger partial charge in [-0.3, -0.25) is 0 Å². The lowest BCUT2D eigenvalue weighted by Crippen LogP contribution is -2.12. The van der Waals surface area contributed by atoms with Crippen LogP contribution in [0.5, 0.6) is 0 Å². The fourth-order valence-corrected chi connectivity index (χ4v) is 1.07. The molecule has 0 aliphatic heterocycles. The average molecular weight is 157 g/mol. The molecule has 0 aromatic carbocycles. The summed E-state index contributed by atoms with van der Waals surface area (Å²) in [6, 6.07) is 0. The molecule has 0 radical (unpaired) electrons. The van der Waals surface area contributed by atoms with Gasteiger partial charge in [-0.05, 0) is 18.3 Å². The summed E-state index contributed by atoms with van der Waals surface area (Å²) in [5.41, 5.74) is 1.15. The van der Waals surface area contributed by atoms with Crippen molar-refractivity contribution in [2.75, 3.05) is 0 Å². The summed E-state index contributed by atoms with van der Waals surface area (Å²) in [5.74, 6) is 0. The van der Waals surface area contributed by atoms with Crippen molar-refractivity contribution in [2.24, 2.45) is 10.6 Å². The van der Waals surface area contributed by atoms with E-state index in [0.717, 1.165) is 25.0 Å². The van der Waals surface area contributed by atoms with Gasteiger partial charge < -0.3 is 5.21 Å². The Hall–Kier alpha value is -0.530. The topological polar surface area (TPSA) is 32.6 Å². The maximum atomic E-state index is 8.61. The molecule has 0 aromatic rings. The first-order valence-electron chi connectivity index (χ1n) is 4.19. The summed E-state index contributed by atoms with van der Waals surface area (Å²) in [7, 11) is 0. The molecule has 0 saturated carbocycles. The Balaban J connectivity index is 3.90. The van der Waals surface area contributed by atoms with E-state index in [-0.39, 0.29) is 5.41 Å². The summed E-state index contributed by atoms with van der Waals surface area (Å²) >= 11 is 0. The van der Waals surface area contributed by atoms with E-state index in [9.17, 15) is 0 Å². The molecule has 2 heteroatoms. The van der Waals surface area contributed by atoms with Gasteiger partial charge in [-0.1, -0.05) is 39.3 Å². The standard InChI is InChI=1S/C9H19NO/c1-5-6-8(10-11)7-9(2,3)4/h11H,5-7H2,1-4H3/b10-8-. The highest BCUT2D eigenvalue weighted by molar-refractivity contribution is 5.84. The second-order valence-corrected chi connectivity index (χ2v) is 4.15. The van der Waals surface area contributed by atoms with E-state index < -0.39 is 0 Å². The van der Waals surface area contributed by atoms with Crippen LogP contribution in [0, 0.1) is 5.41 Å². The van der Waals surface area contributed by atoms with Gasteiger partial charge >= 0.3 is 0 Å². The minimum atomic E-state index is 0.233. The number of nitrogens with zero attached hydrogens (tertiary/aromatic N) is 1. The van der Waals surface area contributed by atoms with Gasteiger partial charge in [0.25, 0.3) is 0 Å². The smallest absolute Gasteiger partial charge is 0.0575 e. The molecule has 0 bridgehead atoms. The molecule has 0 rings (SSSR count). The van der Waals surface area contributed by atoms with E-state index >= 15 is 0 Å². The molecule has 1 N–H and O–H groups in total. The van der Waals surface area contributed by atoms with Crippen molar-refractivity contribution < 1.29 is 5.21 Å². The number of oxime groups is 1. The molecule has 0 amide bonds. The van der Waals surface area contributed by atoms with E-state index in [0.29, 0.717) is 0 Å². The molecule has 0 saturated heterocycles. The van der Waals surface area contributed by atoms with Gasteiger partial charge in [0.15, 0.2) is 0 Å². The Bertz CT molecular complexity index is 133. The number of hydrogen-bond donors (Lipinski definition) is 1. The molecule has 0 fully saturated rings. The first kappa shape index (κ1) is 10.5. The third-order valence-electron chi connectivity index (χ3n) is 1.41. The SMILES string of the molecule is CCC/C(CC(C)(C)C)=N/O. The van der Waals surface area contributed by atoms with Crippen LogP contribution < -0.4 is 0 Å². The zero-order valence-electron chi connectivity index (χ0n) is 8.02. The molecular formula is C9H19NO. The fraction of sp³-hybridized carbons (Fsp3) is 0.889. The summed E-state index contributed by atoms with van der Waals surface area (Å²) in [5, 5.41) is 11.9. The third-order valence-corrected chi connectivity index (χ3v) is 1.41. The molecule has 0 aliphatic carbocycles. The minimum Gasteiger partial charge on any atom is -0.411 e. The van der Waals surface area contributed by atoms with Crippen LogP contribution in [0.15, 0.2) is 5.16 Å². The van der Waals surface area contributed by atoms with Gasteiger partial charge in [-0.2, -0.15) is 0 Å². The van der Waals surface area contributed by atoms with Crippen molar-refractivity contribution in [3.05, 3.63) is 0 Å². The van der Waals surface area contributed by atoms with Gasteiger partial charge in [0, 0.05) is 0 Å². The Kier molecular flexibility index (Phi) is 4.16. The zero-order chi connectivity index (χ0) is 8.91. The third kappa shape index (κ3) is 5.89. The highest BCUT2D eigenvalue weighted by Gasteiger charge is 2.13. The summed E-state index contributed by atoms with van der Waals surface area (Å²) in [6.45, 7) is 8.53. The fourth-order valence-electron chi connectivity index (χ4n) is 1.07. The summed E-state index contributed by atoms with van der Waals surface area (Å²) in [4.78, 5) is 0. The van der Waals surface area contributed by atoms with E-state index in [4.69, 9.17) is 5.21 Å². The predicted octanol–water partition coefficient (Wildman–Crippen LogP) is 3.05. The van der Waals surface area contributed by atoms with Crippen LogP contribution in [-0.2, 0) is 0 Å². The number of rotatable bonds is 3. The van der Waals surface area contributed by atoms with Gasteiger partial charge in [0.2, 0.25) is 0 Å². The molecule has 11 heavy (non-hydrogen) atoms. The lowest BCUT2D eigenvalue weighted by molar-refractivity contribution is 0.310. The molecule has 0 unspecified atom stereocenters. The largest absolute Gasteiger partial charge is 0.411 e. The Morgan fingerprint density at radius 1 is 1.36 bits per heavy atom. The molecule has 0 aliphatic rings. The van der Waals surface area contributed by atoms with Gasteiger partial charge in [0.1, 0.15) is 0 Å². The summed E-state index contributed by atoms with van der Waals surface area (Å²) in [6.07, 6.45) is 2.85. The van der Waals surface area contributed by atoms with Crippen molar-refractivity contribution in [2.45, 2.75) is 47.0 Å². The van der Waals surface area contributed by atoms with Crippen LogP contribution in [0.25, 0.3) is 0 Å². The molecule has 0 spiro atoms. The highest BCUT2D eigenvalue weighted by Crippen LogP contribution is 2.20. The van der Waals surface area contributed by atoms with E-state index in [1.165, 1.54) is 0 Å². The van der Waals surface area contributed by atoms with Crippen molar-refractivity contribution >= 4 is 5.71 Å². The van der Waals surface area contributed by atoms with Crippen molar-refractivity contribution in [1.29, 1.82) is 0 Å². The normalized spacial score (nSPS) is 13.6. The minimum absolute atomic E-state index is 0.233. The molecule has 2 nitrogen and oxygen atoms in total. The van der Waals surface area contributed by atoms with E-state index in [1.807, 2.05) is 0 Å². The molecule has 0 atom stereocenters. The van der Waals surface area contributed by atoms with Crippen LogP contribution in [0.4, 0.5) is 0 Å². The molecule has 0 aromatic heterocycles. The van der Waals surface area contributed by atoms with Crippen LogP contribution in [0.3, 0.4) is 0 Å². The first-order valence-corrected chi connectivity index (χ1v) is 4.19. The molecule has 66 valence electrons. The highest BCUT2D eigenvalue weighted by atomic mass is 16.4. The van der Waals surface area contributed by atoms with Crippen LogP contribution in [-0.4, -0.2) is 10.9 Å². The van der Waals surface area contributed by atoms with Gasteiger partial charge in [-0.25, -0.2) is 0 Å². The summed E-state index contributed by atoms with van der Waals surface area (Å²) < 4.78 is 0. The van der Waals surface area contributed by atoms with Crippen molar-refractivity contribution in [1.82, 2.24) is 0 Å². The first-order chi connectivity index (χ1) is 4.99. The maximum absolute atomic E-state index is 8.61. The Morgan fingerprint density at radius 2 is 1.91 bits per heavy atom. The Morgan fingerprint density at radius 3 is 2.18 bits per heavy atom. The lowest BCUT2D eigenvalue weighted by atomic mass is 9.88. The molecule has 0 heterocycles. The Labute approximate surface area is 69.3 Å². The quantitative estimate of drug-likeness (QED) is 0.381. The lowest BCUT2D eigenvalue weighted by Gasteiger charge is -2.17. The second-order valence-electron chi connectivity index (χ2n) is 4.15. The van der Waals surface area contributed by atoms with Gasteiger partial charge in [0.05, 0.1) is 5.71 Å². The number of hydrogen-bond acceptors (Lipinski definition) is 2. The van der Waals surface area contributed by atoms with Crippen LogP contribution in [0.2, 0.25) is 0 Å². The second kappa shape index (κ2) is 4.37. The van der Waals surface area contributed by atoms with E-state index in [1.54, 1.807) is 0 Å². The van der Waals surface area contributed by atoms with Crippen molar-refractivity contribution in [3.63, 3.8) is 0 Å². The monoisotopic (exact) mass is 157 g/mol.